The summed E-state index contributed by atoms with van der Waals surface area (Å²) < 4.78 is 1.66. The van der Waals surface area contributed by atoms with Crippen molar-refractivity contribution in [1.82, 2.24) is 15.1 Å². The van der Waals surface area contributed by atoms with Crippen molar-refractivity contribution in [2.24, 2.45) is 0 Å². The van der Waals surface area contributed by atoms with Crippen LogP contribution in [0.4, 0.5) is 0 Å². The Labute approximate surface area is 96.0 Å². The zero-order valence-corrected chi connectivity index (χ0v) is 10.2. The van der Waals surface area contributed by atoms with Gasteiger partial charge in [-0.3, -0.25) is 9.48 Å². The van der Waals surface area contributed by atoms with E-state index in [2.05, 4.69) is 16.3 Å². The van der Waals surface area contributed by atoms with Crippen LogP contribution < -0.4 is 5.32 Å². The minimum Gasteiger partial charge on any atom is -0.339 e. The highest BCUT2D eigenvalue weighted by molar-refractivity contribution is 5.77. The van der Waals surface area contributed by atoms with Crippen molar-refractivity contribution < 1.29 is 4.79 Å². The molecule has 0 atom stereocenters. The maximum Gasteiger partial charge on any atom is 0.242 e. The first-order valence-corrected chi connectivity index (χ1v) is 5.14. The molecule has 0 aliphatic rings. The first-order chi connectivity index (χ1) is 7.34. The SMILES string of the molecule is C#CC(C)(C)NC(=O)Cn1nc(C)cc1C. The smallest absolute Gasteiger partial charge is 0.242 e. The predicted octanol–water partition coefficient (Wildman–Crippen LogP) is 1.03. The summed E-state index contributed by atoms with van der Waals surface area (Å²) in [5, 5.41) is 6.97. The highest BCUT2D eigenvalue weighted by Gasteiger charge is 2.17. The molecule has 1 rings (SSSR count). The van der Waals surface area contributed by atoms with Gasteiger partial charge in [-0.25, -0.2) is 0 Å². The van der Waals surface area contributed by atoms with Crippen molar-refractivity contribution in [2.45, 2.75) is 39.8 Å². The number of aromatic nitrogens is 2. The highest BCUT2D eigenvalue weighted by Crippen LogP contribution is 2.03. The normalized spacial score (nSPS) is 10.9. The molecule has 0 bridgehead atoms. The number of amides is 1. The van der Waals surface area contributed by atoms with Crippen molar-refractivity contribution >= 4 is 5.91 Å². The van der Waals surface area contributed by atoms with Crippen LogP contribution in [0.1, 0.15) is 25.2 Å². The van der Waals surface area contributed by atoms with Crippen LogP contribution in [0.5, 0.6) is 0 Å². The summed E-state index contributed by atoms with van der Waals surface area (Å²) in [6.07, 6.45) is 5.29. The fourth-order valence-electron chi connectivity index (χ4n) is 1.40. The van der Waals surface area contributed by atoms with E-state index in [9.17, 15) is 4.79 Å². The summed E-state index contributed by atoms with van der Waals surface area (Å²) in [7, 11) is 0. The minimum absolute atomic E-state index is 0.130. The summed E-state index contributed by atoms with van der Waals surface area (Å²) in [6, 6.07) is 1.93. The molecule has 0 radical (unpaired) electrons. The highest BCUT2D eigenvalue weighted by atomic mass is 16.2. The van der Waals surface area contributed by atoms with Gasteiger partial charge >= 0.3 is 0 Å². The largest absolute Gasteiger partial charge is 0.339 e. The Hall–Kier alpha value is -1.76. The van der Waals surface area contributed by atoms with Crippen molar-refractivity contribution in [3.63, 3.8) is 0 Å². The third kappa shape index (κ3) is 3.13. The third-order valence-electron chi connectivity index (χ3n) is 2.21. The van der Waals surface area contributed by atoms with Gasteiger partial charge in [-0.05, 0) is 33.8 Å². The van der Waals surface area contributed by atoms with E-state index in [4.69, 9.17) is 6.42 Å². The number of rotatable bonds is 3. The molecule has 1 aromatic heterocycles. The van der Waals surface area contributed by atoms with Gasteiger partial charge in [0.1, 0.15) is 6.54 Å². The number of carbonyl (C=O) groups excluding carboxylic acids is 1. The van der Waals surface area contributed by atoms with Crippen LogP contribution in [0, 0.1) is 26.2 Å². The summed E-state index contributed by atoms with van der Waals surface area (Å²) in [5.74, 6) is 2.39. The zero-order valence-electron chi connectivity index (χ0n) is 10.2. The molecule has 1 aromatic rings. The summed E-state index contributed by atoms with van der Waals surface area (Å²) in [6.45, 7) is 7.58. The van der Waals surface area contributed by atoms with Gasteiger partial charge < -0.3 is 5.32 Å². The molecule has 4 nitrogen and oxygen atoms in total. The standard InChI is InChI=1S/C12H17N3O/c1-6-12(4,5)13-11(16)8-15-10(3)7-9(2)14-15/h1,7H,8H2,2-5H3,(H,13,16). The number of aryl methyl sites for hydroxylation is 2. The van der Waals surface area contributed by atoms with Gasteiger partial charge in [0.15, 0.2) is 0 Å². The van der Waals surface area contributed by atoms with Gasteiger partial charge in [0, 0.05) is 5.69 Å². The lowest BCUT2D eigenvalue weighted by Gasteiger charge is -2.19. The Morgan fingerprint density at radius 3 is 2.69 bits per heavy atom. The second-order valence-electron chi connectivity index (χ2n) is 4.40. The van der Waals surface area contributed by atoms with E-state index >= 15 is 0 Å². The number of nitrogens with one attached hydrogen (secondary N) is 1. The van der Waals surface area contributed by atoms with Crippen molar-refractivity contribution in [2.75, 3.05) is 0 Å². The van der Waals surface area contributed by atoms with Crippen LogP contribution in [0.25, 0.3) is 0 Å². The van der Waals surface area contributed by atoms with E-state index in [0.717, 1.165) is 11.4 Å². The maximum absolute atomic E-state index is 11.7. The van der Waals surface area contributed by atoms with Crippen molar-refractivity contribution in [1.29, 1.82) is 0 Å². The van der Waals surface area contributed by atoms with Crippen LogP contribution in [0.3, 0.4) is 0 Å². The predicted molar refractivity (Wildman–Crippen MR) is 62.8 cm³/mol. The second kappa shape index (κ2) is 4.40. The van der Waals surface area contributed by atoms with Crippen LogP contribution in [0.15, 0.2) is 6.07 Å². The van der Waals surface area contributed by atoms with Crippen molar-refractivity contribution in [3.05, 3.63) is 17.5 Å². The second-order valence-corrected chi connectivity index (χ2v) is 4.40. The molecular weight excluding hydrogens is 202 g/mol. The molecular formula is C12H17N3O. The van der Waals surface area contributed by atoms with E-state index < -0.39 is 5.54 Å². The topological polar surface area (TPSA) is 46.9 Å². The first-order valence-electron chi connectivity index (χ1n) is 5.14. The van der Waals surface area contributed by atoms with Gasteiger partial charge in [-0.1, -0.05) is 5.92 Å². The number of carbonyl (C=O) groups is 1. The molecule has 4 heteroatoms. The van der Waals surface area contributed by atoms with E-state index in [1.165, 1.54) is 0 Å². The average molecular weight is 219 g/mol. The van der Waals surface area contributed by atoms with E-state index in [1.807, 2.05) is 19.9 Å². The van der Waals surface area contributed by atoms with E-state index in [1.54, 1.807) is 18.5 Å². The fourth-order valence-corrected chi connectivity index (χ4v) is 1.40. The molecule has 0 aromatic carbocycles. The molecule has 0 aliphatic carbocycles. The third-order valence-corrected chi connectivity index (χ3v) is 2.21. The van der Waals surface area contributed by atoms with Gasteiger partial charge in [0.25, 0.3) is 0 Å². The van der Waals surface area contributed by atoms with Gasteiger partial charge in [0.05, 0.1) is 11.2 Å². The molecule has 0 saturated carbocycles. The Balaban J connectivity index is 2.66. The Bertz CT molecular complexity index is 438. The Morgan fingerprint density at radius 1 is 1.62 bits per heavy atom. The van der Waals surface area contributed by atoms with E-state index in [-0.39, 0.29) is 12.5 Å². The molecule has 86 valence electrons. The van der Waals surface area contributed by atoms with Crippen molar-refractivity contribution in [3.8, 4) is 12.3 Å². The molecule has 0 saturated heterocycles. The molecule has 1 N–H and O–H groups in total. The first kappa shape index (κ1) is 12.3. The average Bonchev–Trinajstić information content (AvgIpc) is 2.44. The number of hydrogen-bond acceptors (Lipinski definition) is 2. The van der Waals surface area contributed by atoms with Crippen LogP contribution in [-0.4, -0.2) is 21.2 Å². The van der Waals surface area contributed by atoms with E-state index in [0.29, 0.717) is 0 Å². The molecule has 0 spiro atoms. The molecule has 16 heavy (non-hydrogen) atoms. The summed E-state index contributed by atoms with van der Waals surface area (Å²) in [4.78, 5) is 11.7. The quantitative estimate of drug-likeness (QED) is 0.772. The number of terminal acetylenes is 1. The summed E-state index contributed by atoms with van der Waals surface area (Å²) >= 11 is 0. The molecule has 0 fully saturated rings. The monoisotopic (exact) mass is 219 g/mol. The number of hydrogen-bond donors (Lipinski definition) is 1. The summed E-state index contributed by atoms with van der Waals surface area (Å²) in [5.41, 5.74) is 1.25. The zero-order chi connectivity index (χ0) is 12.3. The van der Waals surface area contributed by atoms with Gasteiger partial charge in [0.2, 0.25) is 5.91 Å². The lowest BCUT2D eigenvalue weighted by molar-refractivity contribution is -0.122. The maximum atomic E-state index is 11.7. The lowest BCUT2D eigenvalue weighted by Crippen LogP contribution is -2.43. The molecule has 1 amide bonds. The minimum atomic E-state index is -0.618. The molecule has 0 aliphatic heterocycles. The van der Waals surface area contributed by atoms with Crippen LogP contribution in [-0.2, 0) is 11.3 Å². The molecule has 0 unspecified atom stereocenters. The Morgan fingerprint density at radius 2 is 2.25 bits per heavy atom. The fraction of sp³-hybridized carbons (Fsp3) is 0.500. The van der Waals surface area contributed by atoms with Gasteiger partial charge in [-0.2, -0.15) is 5.10 Å². The lowest BCUT2D eigenvalue weighted by atomic mass is 10.1. The van der Waals surface area contributed by atoms with Crippen LogP contribution >= 0.6 is 0 Å². The molecule has 1 heterocycles. The van der Waals surface area contributed by atoms with Crippen LogP contribution in [0.2, 0.25) is 0 Å². The number of nitrogens with zero attached hydrogens (tertiary/aromatic N) is 2. The van der Waals surface area contributed by atoms with Gasteiger partial charge in [-0.15, -0.1) is 6.42 Å². The Kier molecular flexibility index (Phi) is 3.38.